The zero-order chi connectivity index (χ0) is 25.2. The molecule has 9 nitrogen and oxygen atoms in total. The summed E-state index contributed by atoms with van der Waals surface area (Å²) in [6.07, 6.45) is -1.05. The lowest BCUT2D eigenvalue weighted by atomic mass is 10.1. The number of benzene rings is 1. The number of hydrogen-bond acceptors (Lipinski definition) is 8. The first kappa shape index (κ1) is 25.1. The number of methoxy groups -OCH3 is 1. The zero-order valence-corrected chi connectivity index (χ0v) is 20.3. The number of rotatable bonds is 10. The van der Waals surface area contributed by atoms with E-state index in [1.807, 2.05) is 0 Å². The van der Waals surface area contributed by atoms with E-state index in [9.17, 15) is 13.9 Å². The molecular weight excluding hydrogens is 500 g/mol. The van der Waals surface area contributed by atoms with E-state index in [4.69, 9.17) is 35.3 Å². The van der Waals surface area contributed by atoms with Gasteiger partial charge in [0, 0.05) is 37.8 Å². The summed E-state index contributed by atoms with van der Waals surface area (Å²) < 4.78 is 56.5. The largest absolute Gasteiger partial charge is 0.493 e. The minimum atomic E-state index is -0.694. The van der Waals surface area contributed by atoms with Crippen LogP contribution in [0.4, 0.5) is 8.78 Å². The molecule has 12 heteroatoms. The number of aliphatic hydroxyl groups excluding tert-OH is 1. The molecule has 4 atom stereocenters. The van der Waals surface area contributed by atoms with Gasteiger partial charge in [-0.25, -0.2) is 13.8 Å². The number of ether oxygens (including phenoxy) is 5. The molecule has 0 spiro atoms. The van der Waals surface area contributed by atoms with E-state index in [0.717, 1.165) is 0 Å². The number of aliphatic hydroxyl groups is 1. The number of imidazole rings is 1. The molecule has 0 radical (unpaired) electrons. The van der Waals surface area contributed by atoms with Crippen LogP contribution in [0.5, 0.6) is 11.8 Å². The van der Waals surface area contributed by atoms with Crippen molar-refractivity contribution in [1.29, 1.82) is 0 Å². The van der Waals surface area contributed by atoms with E-state index in [-0.39, 0.29) is 49.5 Å². The van der Waals surface area contributed by atoms with Crippen molar-refractivity contribution in [2.45, 2.75) is 43.7 Å². The molecule has 2 saturated heterocycles. The summed E-state index contributed by atoms with van der Waals surface area (Å²) in [5.41, 5.74) is 1.28. The molecule has 194 valence electrons. The number of H-pyrrole nitrogens is 1. The normalized spacial score (nSPS) is 23.4. The molecule has 2 N–H and O–H groups in total. The number of aromatic amines is 1. The van der Waals surface area contributed by atoms with Crippen LogP contribution in [0.15, 0.2) is 18.2 Å². The molecule has 0 unspecified atom stereocenters. The third-order valence-electron chi connectivity index (χ3n) is 6.21. The van der Waals surface area contributed by atoms with Crippen LogP contribution < -0.4 is 9.47 Å². The molecule has 2 aliphatic heterocycles. The number of halogens is 3. The maximum absolute atomic E-state index is 14.6. The average Bonchev–Trinajstić information content (AvgIpc) is 3.53. The van der Waals surface area contributed by atoms with Gasteiger partial charge in [0.25, 0.3) is 6.01 Å². The fourth-order valence-electron chi connectivity index (χ4n) is 4.39. The second kappa shape index (κ2) is 10.8. The predicted molar refractivity (Wildman–Crippen MR) is 125 cm³/mol. The molecule has 0 amide bonds. The van der Waals surface area contributed by atoms with Crippen LogP contribution in [0.3, 0.4) is 0 Å². The number of aryl methyl sites for hydroxylation is 1. The summed E-state index contributed by atoms with van der Waals surface area (Å²) in [6.45, 7) is 1.25. The number of pyridine rings is 1. The Labute approximate surface area is 210 Å². The molecule has 36 heavy (non-hydrogen) atoms. The van der Waals surface area contributed by atoms with Crippen molar-refractivity contribution in [3.05, 3.63) is 46.1 Å². The molecule has 5 rings (SSSR count). The van der Waals surface area contributed by atoms with Crippen molar-refractivity contribution in [3.63, 3.8) is 0 Å². The third-order valence-corrected chi connectivity index (χ3v) is 6.54. The quantitative estimate of drug-likeness (QED) is 0.389. The zero-order valence-electron chi connectivity index (χ0n) is 19.5. The van der Waals surface area contributed by atoms with E-state index >= 15 is 0 Å². The summed E-state index contributed by atoms with van der Waals surface area (Å²) in [4.78, 5) is 11.8. The summed E-state index contributed by atoms with van der Waals surface area (Å²) in [5, 5.41) is 10.2. The molecule has 2 aliphatic rings. The van der Waals surface area contributed by atoms with Crippen molar-refractivity contribution in [2.24, 2.45) is 0 Å². The number of aromatic nitrogens is 3. The van der Waals surface area contributed by atoms with Crippen LogP contribution in [0.2, 0.25) is 5.02 Å². The molecule has 2 fully saturated rings. The van der Waals surface area contributed by atoms with E-state index in [1.54, 1.807) is 13.2 Å². The number of nitrogens with one attached hydrogen (secondary N) is 1. The van der Waals surface area contributed by atoms with Crippen molar-refractivity contribution in [1.82, 2.24) is 15.0 Å². The fraction of sp³-hybridized carbons (Fsp3) is 0.500. The Kier molecular flexibility index (Phi) is 7.54. The minimum absolute atomic E-state index is 0.0514. The van der Waals surface area contributed by atoms with Gasteiger partial charge in [-0.15, -0.1) is 0 Å². The van der Waals surface area contributed by atoms with Crippen molar-refractivity contribution in [2.75, 3.05) is 33.5 Å². The van der Waals surface area contributed by atoms with Gasteiger partial charge in [0.1, 0.15) is 35.7 Å². The molecule has 0 bridgehead atoms. The van der Waals surface area contributed by atoms with Gasteiger partial charge in [-0.2, -0.15) is 4.98 Å². The third kappa shape index (κ3) is 5.25. The molecule has 0 saturated carbocycles. The Morgan fingerprint density at radius 1 is 1.08 bits per heavy atom. The Morgan fingerprint density at radius 2 is 1.86 bits per heavy atom. The van der Waals surface area contributed by atoms with E-state index in [1.165, 1.54) is 12.1 Å². The summed E-state index contributed by atoms with van der Waals surface area (Å²) in [6, 6.07) is 4.20. The van der Waals surface area contributed by atoms with E-state index in [0.29, 0.717) is 41.5 Å². The van der Waals surface area contributed by atoms with Crippen molar-refractivity contribution < 1.29 is 37.6 Å². The molecular formula is C24H26ClF2N3O6. The number of nitrogens with zero attached hydrogens (tertiary/aromatic N) is 2. The first-order valence-electron chi connectivity index (χ1n) is 11.7. The topological polar surface area (TPSA) is 108 Å². The first-order valence-corrected chi connectivity index (χ1v) is 12.0. The summed E-state index contributed by atoms with van der Waals surface area (Å²) >= 11 is 6.39. The Morgan fingerprint density at radius 3 is 2.64 bits per heavy atom. The van der Waals surface area contributed by atoms with Gasteiger partial charge >= 0.3 is 0 Å². The first-order chi connectivity index (χ1) is 17.4. The average molecular weight is 526 g/mol. The fourth-order valence-corrected chi connectivity index (χ4v) is 4.64. The maximum atomic E-state index is 14.6. The van der Waals surface area contributed by atoms with Crippen molar-refractivity contribution >= 4 is 22.8 Å². The second-order valence-corrected chi connectivity index (χ2v) is 9.12. The number of fused-ring (bicyclic) bond motifs is 2. The lowest BCUT2D eigenvalue weighted by Gasteiger charge is -2.15. The highest BCUT2D eigenvalue weighted by Crippen LogP contribution is 2.30. The van der Waals surface area contributed by atoms with E-state index < -0.39 is 29.9 Å². The highest BCUT2D eigenvalue weighted by molar-refractivity contribution is 6.31. The smallest absolute Gasteiger partial charge is 0.296 e. The predicted octanol–water partition coefficient (Wildman–Crippen LogP) is 3.00. The summed E-state index contributed by atoms with van der Waals surface area (Å²) in [5.74, 6) is -1.26. The molecule has 4 heterocycles. The lowest BCUT2D eigenvalue weighted by molar-refractivity contribution is 0.00706. The van der Waals surface area contributed by atoms with Crippen LogP contribution in [0, 0.1) is 11.6 Å². The molecule has 2 aromatic heterocycles. The van der Waals surface area contributed by atoms with Gasteiger partial charge in [0.05, 0.1) is 36.1 Å². The highest BCUT2D eigenvalue weighted by atomic mass is 35.5. The van der Waals surface area contributed by atoms with Gasteiger partial charge in [0.15, 0.2) is 11.8 Å². The second-order valence-electron chi connectivity index (χ2n) is 8.71. The van der Waals surface area contributed by atoms with Gasteiger partial charge in [-0.3, -0.25) is 0 Å². The lowest BCUT2D eigenvalue weighted by Crippen LogP contribution is -2.34. The molecule has 1 aromatic carbocycles. The van der Waals surface area contributed by atoms with Crippen molar-refractivity contribution in [3.8, 4) is 11.8 Å². The van der Waals surface area contributed by atoms with Gasteiger partial charge < -0.3 is 33.8 Å². The van der Waals surface area contributed by atoms with Gasteiger partial charge in [0.2, 0.25) is 0 Å². The van der Waals surface area contributed by atoms with Crippen LogP contribution in [0.1, 0.15) is 17.7 Å². The minimum Gasteiger partial charge on any atom is -0.493 e. The Bertz CT molecular complexity index is 1210. The van der Waals surface area contributed by atoms with Crippen LogP contribution >= 0.6 is 11.6 Å². The number of hydrogen-bond donors (Lipinski definition) is 2. The van der Waals surface area contributed by atoms with E-state index in [2.05, 4.69) is 15.0 Å². The Hall–Kier alpha value is -2.57. The van der Waals surface area contributed by atoms with Crippen LogP contribution in [-0.2, 0) is 27.1 Å². The van der Waals surface area contributed by atoms with Gasteiger partial charge in [-0.1, -0.05) is 11.6 Å². The standard InChI is InChI=1S/C24H26ClF2N3O6/c1-32-5-2-6-33-12-7-15(26)13(16(27)8-12)3-4-17-14(25)9-18-23(28-17)30-24(29-18)36-20-11-35-21-19(31)10-34-22(20)21/h7-9,19-22,31H,2-6,10-11H2,1H3,(H,28,29,30)/t19-,20-,21-,22-/m1/s1. The Balaban J connectivity index is 1.25. The highest BCUT2D eigenvalue weighted by Gasteiger charge is 2.48. The van der Waals surface area contributed by atoms with Gasteiger partial charge in [-0.05, 0) is 18.9 Å². The molecule has 3 aromatic rings. The van der Waals surface area contributed by atoms with Crippen LogP contribution in [-0.4, -0.2) is 78.0 Å². The van der Waals surface area contributed by atoms with Crippen LogP contribution in [0.25, 0.3) is 11.2 Å². The summed E-state index contributed by atoms with van der Waals surface area (Å²) in [7, 11) is 1.57. The monoisotopic (exact) mass is 525 g/mol. The molecule has 0 aliphatic carbocycles. The SMILES string of the molecule is COCCCOc1cc(F)c(CCc2nc3nc(O[C@@H]4CO[C@H]5[C@@H]4OC[C@H]5O)[nH]c3cc2Cl)c(F)c1. The maximum Gasteiger partial charge on any atom is 0.296 e.